The summed E-state index contributed by atoms with van der Waals surface area (Å²) < 4.78 is 6.75. The summed E-state index contributed by atoms with van der Waals surface area (Å²) in [6, 6.07) is 15.4. The van der Waals surface area contributed by atoms with Gasteiger partial charge in [0.25, 0.3) is 0 Å². The minimum Gasteiger partial charge on any atom is -0.449 e. The SMILES string of the molecule is Cc1cc(=O)c(C(=O)O[C@H](C)C(=O)c2c[nH]c3ccccc23)nn1-c1ccc(Cl)cc1. The molecule has 31 heavy (non-hydrogen) atoms. The summed E-state index contributed by atoms with van der Waals surface area (Å²) in [5, 5.41) is 5.44. The highest BCUT2D eigenvalue weighted by molar-refractivity contribution is 6.30. The first kappa shape index (κ1) is 20.6. The molecule has 1 N–H and O–H groups in total. The standard InChI is InChI=1S/C23H18ClN3O4/c1-13-11-20(28)21(26-27(13)16-9-7-15(24)8-10-16)23(30)31-14(2)22(29)18-12-25-19-6-4-3-5-17(18)19/h3-12,14,25H,1-2H3/t14-/m1/s1. The van der Waals surface area contributed by atoms with Gasteiger partial charge in [0.15, 0.2) is 6.10 Å². The predicted octanol–water partition coefficient (Wildman–Crippen LogP) is 4.10. The van der Waals surface area contributed by atoms with Gasteiger partial charge in [0.1, 0.15) is 0 Å². The van der Waals surface area contributed by atoms with Gasteiger partial charge in [-0.05, 0) is 44.2 Å². The number of halogens is 1. The van der Waals surface area contributed by atoms with Gasteiger partial charge in [-0.25, -0.2) is 9.48 Å². The van der Waals surface area contributed by atoms with Gasteiger partial charge in [-0.3, -0.25) is 9.59 Å². The number of carbonyl (C=O) groups is 2. The molecule has 2 aromatic carbocycles. The number of hydrogen-bond donors (Lipinski definition) is 1. The number of ether oxygens (including phenoxy) is 1. The Bertz CT molecular complexity index is 1360. The number of benzene rings is 2. The first-order chi connectivity index (χ1) is 14.8. The maximum absolute atomic E-state index is 12.8. The summed E-state index contributed by atoms with van der Waals surface area (Å²) >= 11 is 5.92. The van der Waals surface area contributed by atoms with Crippen LogP contribution in [0.1, 0.15) is 33.5 Å². The van der Waals surface area contributed by atoms with Gasteiger partial charge in [-0.15, -0.1) is 0 Å². The highest BCUT2D eigenvalue weighted by Gasteiger charge is 2.25. The molecular formula is C23H18ClN3O4. The topological polar surface area (TPSA) is 94.1 Å². The van der Waals surface area contributed by atoms with Crippen LogP contribution >= 0.6 is 11.6 Å². The number of hydrogen-bond acceptors (Lipinski definition) is 5. The molecule has 2 aromatic heterocycles. The van der Waals surface area contributed by atoms with Crippen molar-refractivity contribution < 1.29 is 14.3 Å². The second-order valence-electron chi connectivity index (χ2n) is 7.05. The van der Waals surface area contributed by atoms with Gasteiger partial charge in [0.05, 0.1) is 5.69 Å². The molecule has 1 atom stereocenters. The third kappa shape index (κ3) is 4.00. The van der Waals surface area contributed by atoms with E-state index in [0.717, 1.165) is 10.9 Å². The smallest absolute Gasteiger partial charge is 0.363 e. The minimum atomic E-state index is -1.10. The molecule has 0 bridgehead atoms. The maximum atomic E-state index is 12.8. The Morgan fingerprint density at radius 2 is 1.84 bits per heavy atom. The lowest BCUT2D eigenvalue weighted by Crippen LogP contribution is -2.29. The number of aryl methyl sites for hydroxylation is 1. The summed E-state index contributed by atoms with van der Waals surface area (Å²) in [6.07, 6.45) is 0.479. The fourth-order valence-electron chi connectivity index (χ4n) is 3.30. The maximum Gasteiger partial charge on any atom is 0.363 e. The Labute approximate surface area is 182 Å². The van der Waals surface area contributed by atoms with Crippen molar-refractivity contribution in [3.05, 3.63) is 93.0 Å². The van der Waals surface area contributed by atoms with Crippen LogP contribution in [0, 0.1) is 6.92 Å². The van der Waals surface area contributed by atoms with E-state index in [2.05, 4.69) is 10.1 Å². The zero-order valence-electron chi connectivity index (χ0n) is 16.8. The number of rotatable bonds is 5. The van der Waals surface area contributed by atoms with E-state index < -0.39 is 23.2 Å². The average molecular weight is 436 g/mol. The van der Waals surface area contributed by atoms with Gasteiger partial charge in [0.2, 0.25) is 16.9 Å². The highest BCUT2D eigenvalue weighted by atomic mass is 35.5. The van der Waals surface area contributed by atoms with E-state index >= 15 is 0 Å². The number of carbonyl (C=O) groups excluding carboxylic acids is 2. The number of fused-ring (bicyclic) bond motifs is 1. The van der Waals surface area contributed by atoms with E-state index in [4.69, 9.17) is 16.3 Å². The molecule has 8 heteroatoms. The van der Waals surface area contributed by atoms with Crippen molar-refractivity contribution in [1.82, 2.24) is 14.8 Å². The molecule has 156 valence electrons. The molecular weight excluding hydrogens is 418 g/mol. The highest BCUT2D eigenvalue weighted by Crippen LogP contribution is 2.20. The number of aromatic amines is 1. The lowest BCUT2D eigenvalue weighted by Gasteiger charge is -2.14. The molecule has 2 heterocycles. The third-order valence-corrected chi connectivity index (χ3v) is 5.13. The van der Waals surface area contributed by atoms with E-state index in [1.54, 1.807) is 43.5 Å². The number of aromatic nitrogens is 3. The molecule has 0 fully saturated rings. The average Bonchev–Trinajstić information content (AvgIpc) is 3.18. The van der Waals surface area contributed by atoms with E-state index in [-0.39, 0.29) is 5.78 Å². The first-order valence-electron chi connectivity index (χ1n) is 9.53. The fourth-order valence-corrected chi connectivity index (χ4v) is 3.42. The van der Waals surface area contributed by atoms with Crippen molar-refractivity contribution in [3.8, 4) is 5.69 Å². The van der Waals surface area contributed by atoms with Gasteiger partial charge in [0, 0.05) is 39.4 Å². The van der Waals surface area contributed by atoms with Crippen LogP contribution in [0.25, 0.3) is 16.6 Å². The number of ketones is 1. The molecule has 0 saturated carbocycles. The van der Waals surface area contributed by atoms with Gasteiger partial charge >= 0.3 is 5.97 Å². The van der Waals surface area contributed by atoms with Crippen LogP contribution in [0.5, 0.6) is 0 Å². The Morgan fingerprint density at radius 1 is 1.13 bits per heavy atom. The lowest BCUT2D eigenvalue weighted by molar-refractivity contribution is 0.0310. The Hall–Kier alpha value is -3.71. The zero-order chi connectivity index (χ0) is 22.1. The molecule has 0 saturated heterocycles. The Kier molecular flexibility index (Phi) is 5.44. The number of nitrogens with zero attached hydrogens (tertiary/aromatic N) is 2. The first-order valence-corrected chi connectivity index (χ1v) is 9.91. The minimum absolute atomic E-state index is 0.379. The number of para-hydroxylation sites is 1. The molecule has 4 aromatic rings. The zero-order valence-corrected chi connectivity index (χ0v) is 17.5. The molecule has 0 amide bonds. The molecule has 0 aliphatic rings. The lowest BCUT2D eigenvalue weighted by atomic mass is 10.1. The van der Waals surface area contributed by atoms with Crippen molar-refractivity contribution >= 4 is 34.3 Å². The number of nitrogens with one attached hydrogen (secondary N) is 1. The number of Topliss-reactive ketones (excluding diaryl/α,β-unsaturated/α-hetero) is 1. The molecule has 0 radical (unpaired) electrons. The molecule has 0 spiro atoms. The summed E-state index contributed by atoms with van der Waals surface area (Å²) in [7, 11) is 0. The van der Waals surface area contributed by atoms with Crippen LogP contribution in [0.4, 0.5) is 0 Å². The molecule has 0 aliphatic heterocycles. The van der Waals surface area contributed by atoms with E-state index in [1.165, 1.54) is 17.7 Å². The van der Waals surface area contributed by atoms with Crippen LogP contribution in [-0.2, 0) is 4.74 Å². The summed E-state index contributed by atoms with van der Waals surface area (Å²) in [5.74, 6) is -1.34. The van der Waals surface area contributed by atoms with Crippen molar-refractivity contribution in [3.63, 3.8) is 0 Å². The van der Waals surface area contributed by atoms with Crippen LogP contribution < -0.4 is 5.43 Å². The summed E-state index contributed by atoms with van der Waals surface area (Å²) in [4.78, 5) is 40.9. The summed E-state index contributed by atoms with van der Waals surface area (Å²) in [6.45, 7) is 3.16. The van der Waals surface area contributed by atoms with Crippen molar-refractivity contribution in [2.75, 3.05) is 0 Å². The monoisotopic (exact) mass is 435 g/mol. The molecule has 0 unspecified atom stereocenters. The second kappa shape index (κ2) is 8.20. The second-order valence-corrected chi connectivity index (χ2v) is 7.48. The van der Waals surface area contributed by atoms with Crippen molar-refractivity contribution in [1.29, 1.82) is 0 Å². The van der Waals surface area contributed by atoms with Gasteiger partial charge in [-0.1, -0.05) is 29.8 Å². The fraction of sp³-hybridized carbons (Fsp3) is 0.130. The molecule has 7 nitrogen and oxygen atoms in total. The largest absolute Gasteiger partial charge is 0.449 e. The molecule has 4 rings (SSSR count). The van der Waals surface area contributed by atoms with E-state index in [1.807, 2.05) is 18.2 Å². The van der Waals surface area contributed by atoms with Crippen LogP contribution in [0.3, 0.4) is 0 Å². The van der Waals surface area contributed by atoms with E-state index in [9.17, 15) is 14.4 Å². The number of esters is 1. The third-order valence-electron chi connectivity index (χ3n) is 4.88. The Balaban J connectivity index is 1.60. The normalized spacial score (nSPS) is 12.0. The van der Waals surface area contributed by atoms with Crippen molar-refractivity contribution in [2.24, 2.45) is 0 Å². The Morgan fingerprint density at radius 3 is 2.58 bits per heavy atom. The predicted molar refractivity (Wildman–Crippen MR) is 117 cm³/mol. The van der Waals surface area contributed by atoms with Crippen LogP contribution in [-0.4, -0.2) is 32.6 Å². The quantitative estimate of drug-likeness (QED) is 0.376. The van der Waals surface area contributed by atoms with Crippen LogP contribution in [0.2, 0.25) is 5.02 Å². The van der Waals surface area contributed by atoms with Gasteiger partial charge < -0.3 is 9.72 Å². The van der Waals surface area contributed by atoms with E-state index in [0.29, 0.717) is 22.0 Å². The van der Waals surface area contributed by atoms with Gasteiger partial charge in [-0.2, -0.15) is 5.10 Å². The van der Waals surface area contributed by atoms with Crippen LogP contribution in [0.15, 0.2) is 65.6 Å². The number of H-pyrrole nitrogens is 1. The molecule has 0 aliphatic carbocycles. The summed E-state index contributed by atoms with van der Waals surface area (Å²) in [5.41, 5.74) is 1.38. The van der Waals surface area contributed by atoms with Crippen molar-refractivity contribution in [2.45, 2.75) is 20.0 Å².